The van der Waals surface area contributed by atoms with Gasteiger partial charge < -0.3 is 10.1 Å². The molecule has 0 bridgehead atoms. The summed E-state index contributed by atoms with van der Waals surface area (Å²) in [7, 11) is 1.41. The Kier molecular flexibility index (Phi) is 7.58. The first kappa shape index (κ1) is 29.6. The fraction of sp³-hybridized carbons (Fsp3) is 0.200. The Morgan fingerprint density at radius 3 is 2.34 bits per heavy atom. The minimum absolute atomic E-state index is 0.249. The number of halogens is 4. The molecule has 6 rings (SSSR count). The topological polar surface area (TPSA) is 97.7 Å². The highest BCUT2D eigenvalue weighted by molar-refractivity contribution is 8.00. The van der Waals surface area contributed by atoms with Crippen LogP contribution in [-0.2, 0) is 27.1 Å². The summed E-state index contributed by atoms with van der Waals surface area (Å²) in [6, 6.07) is 16.1. The van der Waals surface area contributed by atoms with Crippen molar-refractivity contribution < 1.29 is 36.7 Å². The van der Waals surface area contributed by atoms with Crippen molar-refractivity contribution in [3.8, 4) is 5.75 Å². The van der Waals surface area contributed by atoms with Crippen molar-refractivity contribution >= 4 is 52.2 Å². The van der Waals surface area contributed by atoms with Crippen LogP contribution in [0.2, 0.25) is 0 Å². The monoisotopic (exact) mass is 643 g/mol. The van der Waals surface area contributed by atoms with Crippen LogP contribution < -0.4 is 19.8 Å². The molecule has 8 nitrogen and oxygen atoms in total. The van der Waals surface area contributed by atoms with E-state index in [4.69, 9.17) is 4.74 Å². The molecule has 0 aliphatic carbocycles. The zero-order valence-electron chi connectivity index (χ0n) is 22.6. The molecule has 3 heterocycles. The number of thiazole rings is 1. The van der Waals surface area contributed by atoms with Gasteiger partial charge in [-0.1, -0.05) is 53.4 Å². The first-order valence-corrected chi connectivity index (χ1v) is 14.8. The molecular weight excluding hydrogens is 622 g/mol. The second-order valence-corrected chi connectivity index (χ2v) is 12.1. The van der Waals surface area contributed by atoms with Crippen molar-refractivity contribution in [2.45, 2.75) is 28.9 Å². The van der Waals surface area contributed by atoms with Crippen LogP contribution in [0, 0.1) is 11.7 Å². The minimum atomic E-state index is -4.84. The number of methoxy groups -OCH3 is 1. The summed E-state index contributed by atoms with van der Waals surface area (Å²) in [6.45, 7) is -0.464. The summed E-state index contributed by atoms with van der Waals surface area (Å²) in [5.74, 6) is -4.57. The third-order valence-corrected chi connectivity index (χ3v) is 10.0. The highest BCUT2D eigenvalue weighted by Crippen LogP contribution is 2.55. The van der Waals surface area contributed by atoms with Gasteiger partial charge in [-0.25, -0.2) is 9.29 Å². The third kappa shape index (κ3) is 5.07. The van der Waals surface area contributed by atoms with E-state index >= 15 is 0 Å². The van der Waals surface area contributed by atoms with E-state index in [0.717, 1.165) is 47.4 Å². The quantitative estimate of drug-likeness (QED) is 0.220. The van der Waals surface area contributed by atoms with E-state index in [2.05, 4.69) is 5.32 Å². The van der Waals surface area contributed by atoms with Gasteiger partial charge in [0, 0.05) is 22.0 Å². The van der Waals surface area contributed by atoms with E-state index < -0.39 is 69.5 Å². The highest BCUT2D eigenvalue weighted by atomic mass is 32.2. The van der Waals surface area contributed by atoms with E-state index in [1.54, 1.807) is 24.3 Å². The van der Waals surface area contributed by atoms with Crippen molar-refractivity contribution in [3.05, 3.63) is 104 Å². The number of fused-ring (bicyclic) bond motifs is 2. The molecule has 0 spiro atoms. The van der Waals surface area contributed by atoms with Gasteiger partial charge in [0.15, 0.2) is 0 Å². The van der Waals surface area contributed by atoms with Gasteiger partial charge >= 0.3 is 11.0 Å². The number of aromatic nitrogens is 1. The summed E-state index contributed by atoms with van der Waals surface area (Å²) in [5.41, 5.74) is -0.960. The minimum Gasteiger partial charge on any atom is -0.496 e. The molecule has 3 atom stereocenters. The van der Waals surface area contributed by atoms with Crippen LogP contribution >= 0.6 is 23.1 Å². The van der Waals surface area contributed by atoms with Gasteiger partial charge in [-0.15, -0.1) is 0 Å². The second-order valence-electron chi connectivity index (χ2n) is 9.99. The van der Waals surface area contributed by atoms with Gasteiger partial charge in [0.05, 0.1) is 29.3 Å². The average Bonchev–Trinajstić information content (AvgIpc) is 3.44. The normalized spacial score (nSPS) is 19.5. The van der Waals surface area contributed by atoms with Crippen molar-refractivity contribution in [2.24, 2.45) is 5.92 Å². The number of hydrogen-bond acceptors (Lipinski definition) is 7. The van der Waals surface area contributed by atoms with E-state index in [1.807, 2.05) is 0 Å². The SMILES string of the molecule is COc1ccccc1C1c2sc(=O)n(CC(=O)Nc3ccc(F)cc3)c2SC2C(=O)N(c3ccccc3C(F)(F)F)C(=O)C21. The predicted octanol–water partition coefficient (Wildman–Crippen LogP) is 5.51. The summed E-state index contributed by atoms with van der Waals surface area (Å²) < 4.78 is 61.9. The zero-order valence-corrected chi connectivity index (χ0v) is 24.3. The lowest BCUT2D eigenvalue weighted by atomic mass is 9.82. The van der Waals surface area contributed by atoms with Gasteiger partial charge in [-0.2, -0.15) is 13.2 Å². The maximum Gasteiger partial charge on any atom is 0.418 e. The number of alkyl halides is 3. The molecule has 3 amide bonds. The highest BCUT2D eigenvalue weighted by Gasteiger charge is 2.58. The number of thioether (sulfide) groups is 1. The van der Waals surface area contributed by atoms with Crippen LogP contribution in [0.1, 0.15) is 21.9 Å². The molecule has 4 aromatic rings. The molecule has 1 aromatic heterocycles. The van der Waals surface area contributed by atoms with Crippen LogP contribution in [-0.4, -0.2) is 34.6 Å². The third-order valence-electron chi connectivity index (χ3n) is 7.40. The summed E-state index contributed by atoms with van der Waals surface area (Å²) in [4.78, 5) is 54.6. The number of rotatable bonds is 6. The molecule has 2 aliphatic heterocycles. The van der Waals surface area contributed by atoms with E-state index in [9.17, 15) is 36.7 Å². The number of carbonyl (C=O) groups excluding carboxylic acids is 3. The maximum atomic E-state index is 14.0. The fourth-order valence-corrected chi connectivity index (χ4v) is 8.30. The first-order chi connectivity index (χ1) is 21.0. The smallest absolute Gasteiger partial charge is 0.418 e. The molecular formula is C30H21F4N3O5S2. The number of carbonyl (C=O) groups is 3. The number of anilines is 2. The number of para-hydroxylation sites is 2. The lowest BCUT2D eigenvalue weighted by molar-refractivity contribution is -0.137. The summed E-state index contributed by atoms with van der Waals surface area (Å²) in [5, 5.41) is 1.63. The molecule has 0 radical (unpaired) electrons. The number of nitrogens with one attached hydrogen (secondary N) is 1. The summed E-state index contributed by atoms with van der Waals surface area (Å²) in [6.07, 6.45) is -4.84. The number of amides is 3. The molecule has 1 saturated heterocycles. The second kappa shape index (κ2) is 11.2. The van der Waals surface area contributed by atoms with Crippen LogP contribution in [0.5, 0.6) is 5.75 Å². The standard InChI is InChI=1S/C30H21F4N3O5S2/c1-42-20-9-5-2-6-17(20)22-23-24(27(40)37(26(23)39)19-8-4-3-7-18(19)30(32,33)34)43-28-25(22)44-29(41)36(28)14-21(38)35-16-12-10-15(31)11-13-16/h2-13,22-24H,14H2,1H3,(H,35,38). The number of benzene rings is 3. The van der Waals surface area contributed by atoms with Gasteiger partial charge in [0.1, 0.15) is 23.4 Å². The molecule has 0 saturated carbocycles. The Morgan fingerprint density at radius 2 is 1.64 bits per heavy atom. The Labute approximate surface area is 255 Å². The van der Waals surface area contributed by atoms with Crippen LogP contribution in [0.15, 0.2) is 82.6 Å². The zero-order chi connectivity index (χ0) is 31.3. The molecule has 226 valence electrons. The van der Waals surface area contributed by atoms with E-state index in [0.29, 0.717) is 26.8 Å². The number of hydrogen-bond donors (Lipinski definition) is 1. The number of imide groups is 1. The molecule has 44 heavy (non-hydrogen) atoms. The van der Waals surface area contributed by atoms with Crippen molar-refractivity contribution in [1.29, 1.82) is 0 Å². The largest absolute Gasteiger partial charge is 0.496 e. The number of nitrogens with zero attached hydrogens (tertiary/aromatic N) is 2. The lowest BCUT2D eigenvalue weighted by Crippen LogP contribution is -2.33. The van der Waals surface area contributed by atoms with Gasteiger partial charge in [-0.3, -0.25) is 23.7 Å². The van der Waals surface area contributed by atoms with Gasteiger partial charge in [0.2, 0.25) is 17.7 Å². The Hall–Kier alpha value is -4.43. The Bertz CT molecular complexity index is 1850. The molecule has 1 fully saturated rings. The molecule has 1 N–H and O–H groups in total. The average molecular weight is 644 g/mol. The summed E-state index contributed by atoms with van der Waals surface area (Å²) >= 11 is 1.66. The van der Waals surface area contributed by atoms with E-state index in [1.165, 1.54) is 35.9 Å². The van der Waals surface area contributed by atoms with Gasteiger partial charge in [-0.05, 0) is 42.5 Å². The first-order valence-electron chi connectivity index (χ1n) is 13.1. The van der Waals surface area contributed by atoms with Crippen LogP contribution in [0.4, 0.5) is 28.9 Å². The molecule has 2 aliphatic rings. The maximum absolute atomic E-state index is 14.0. The Morgan fingerprint density at radius 1 is 0.955 bits per heavy atom. The van der Waals surface area contributed by atoms with Crippen molar-refractivity contribution in [3.63, 3.8) is 0 Å². The Balaban J connectivity index is 1.45. The lowest BCUT2D eigenvalue weighted by Gasteiger charge is -2.31. The fourth-order valence-electron chi connectivity index (χ4n) is 5.54. The van der Waals surface area contributed by atoms with Crippen molar-refractivity contribution in [1.82, 2.24) is 4.57 Å². The van der Waals surface area contributed by atoms with Crippen LogP contribution in [0.25, 0.3) is 0 Å². The van der Waals surface area contributed by atoms with Crippen LogP contribution in [0.3, 0.4) is 0 Å². The molecule has 14 heteroatoms. The van der Waals surface area contributed by atoms with E-state index in [-0.39, 0.29) is 5.03 Å². The predicted molar refractivity (Wildman–Crippen MR) is 156 cm³/mol. The number of ether oxygens (including phenoxy) is 1. The molecule has 3 aromatic carbocycles. The van der Waals surface area contributed by atoms with Gasteiger partial charge in [0.25, 0.3) is 0 Å². The molecule has 3 unspecified atom stereocenters. The van der Waals surface area contributed by atoms with Crippen molar-refractivity contribution in [2.75, 3.05) is 17.3 Å².